The first kappa shape index (κ1) is 16.8. The van der Waals surface area contributed by atoms with Crippen molar-refractivity contribution in [3.05, 3.63) is 36.4 Å². The average molecular weight is 320 g/mol. The highest BCUT2D eigenvalue weighted by atomic mass is 32.2. The molecule has 0 radical (unpaired) electrons. The molecule has 1 N–H and O–H groups in total. The molecule has 22 heavy (non-hydrogen) atoms. The second kappa shape index (κ2) is 5.89. The summed E-state index contributed by atoms with van der Waals surface area (Å²) in [5, 5.41) is 1.68. The van der Waals surface area contributed by atoms with Crippen molar-refractivity contribution in [2.24, 2.45) is 5.41 Å². The molecule has 120 valence electrons. The van der Waals surface area contributed by atoms with E-state index in [0.29, 0.717) is 11.4 Å². The van der Waals surface area contributed by atoms with Crippen molar-refractivity contribution in [3.8, 4) is 0 Å². The van der Waals surface area contributed by atoms with Crippen molar-refractivity contribution in [1.82, 2.24) is 4.72 Å². The lowest BCUT2D eigenvalue weighted by Crippen LogP contribution is -2.32. The van der Waals surface area contributed by atoms with Crippen molar-refractivity contribution >= 4 is 26.5 Å². The second-order valence-corrected chi connectivity index (χ2v) is 8.64. The second-order valence-electron chi connectivity index (χ2n) is 6.91. The van der Waals surface area contributed by atoms with Crippen molar-refractivity contribution in [2.75, 3.05) is 25.5 Å². The van der Waals surface area contributed by atoms with Crippen molar-refractivity contribution < 1.29 is 8.42 Å². The van der Waals surface area contributed by atoms with Gasteiger partial charge in [-0.2, -0.15) is 0 Å². The van der Waals surface area contributed by atoms with Crippen LogP contribution < -0.4 is 9.62 Å². The molecule has 0 spiro atoms. The number of hydrogen-bond acceptors (Lipinski definition) is 3. The van der Waals surface area contributed by atoms with Crippen LogP contribution in [0.2, 0.25) is 0 Å². The first-order valence-electron chi connectivity index (χ1n) is 7.30. The molecule has 0 atom stereocenters. The first-order valence-corrected chi connectivity index (χ1v) is 8.79. The number of nitrogens with zero attached hydrogens (tertiary/aromatic N) is 1. The van der Waals surface area contributed by atoms with Crippen LogP contribution in [0.3, 0.4) is 0 Å². The molecule has 2 aromatic rings. The van der Waals surface area contributed by atoms with Gasteiger partial charge in [-0.05, 0) is 17.5 Å². The van der Waals surface area contributed by atoms with E-state index in [1.807, 2.05) is 64.0 Å². The normalized spacial score (nSPS) is 12.6. The van der Waals surface area contributed by atoms with Crippen LogP contribution in [0.5, 0.6) is 0 Å². The molecule has 0 fully saturated rings. The molecule has 0 saturated heterocycles. The minimum atomic E-state index is -3.53. The Morgan fingerprint density at radius 3 is 2.18 bits per heavy atom. The van der Waals surface area contributed by atoms with Crippen LogP contribution in [0.1, 0.15) is 20.8 Å². The van der Waals surface area contributed by atoms with Gasteiger partial charge in [-0.3, -0.25) is 0 Å². The van der Waals surface area contributed by atoms with E-state index < -0.39 is 10.0 Å². The van der Waals surface area contributed by atoms with Gasteiger partial charge < -0.3 is 4.90 Å². The highest BCUT2D eigenvalue weighted by molar-refractivity contribution is 7.89. The first-order chi connectivity index (χ1) is 10.1. The van der Waals surface area contributed by atoms with Crippen molar-refractivity contribution in [3.63, 3.8) is 0 Å². The van der Waals surface area contributed by atoms with E-state index in [-0.39, 0.29) is 5.41 Å². The summed E-state index contributed by atoms with van der Waals surface area (Å²) in [5.74, 6) is 0. The largest absolute Gasteiger partial charge is 0.377 e. The van der Waals surface area contributed by atoms with E-state index in [1.54, 1.807) is 12.1 Å². The molecule has 0 aromatic heterocycles. The van der Waals surface area contributed by atoms with Gasteiger partial charge in [-0.25, -0.2) is 13.1 Å². The molecule has 0 bridgehead atoms. The molecule has 5 heteroatoms. The number of rotatable bonds is 4. The highest BCUT2D eigenvalue weighted by Crippen LogP contribution is 2.30. The zero-order valence-electron chi connectivity index (χ0n) is 13.8. The predicted octanol–water partition coefficient (Wildman–Crippen LogP) is 3.23. The summed E-state index contributed by atoms with van der Waals surface area (Å²) in [6.07, 6.45) is 0. The molecular formula is C17H24N2O2S. The summed E-state index contributed by atoms with van der Waals surface area (Å²) >= 11 is 0. The van der Waals surface area contributed by atoms with Crippen LogP contribution >= 0.6 is 0 Å². The summed E-state index contributed by atoms with van der Waals surface area (Å²) < 4.78 is 28.0. The number of fused-ring (bicyclic) bond motifs is 1. The summed E-state index contributed by atoms with van der Waals surface area (Å²) in [4.78, 5) is 2.32. The Kier molecular flexibility index (Phi) is 4.49. The maximum Gasteiger partial charge on any atom is 0.241 e. The Morgan fingerprint density at radius 2 is 1.59 bits per heavy atom. The average Bonchev–Trinajstić information content (AvgIpc) is 2.43. The smallest absolute Gasteiger partial charge is 0.241 e. The summed E-state index contributed by atoms with van der Waals surface area (Å²) in [6, 6.07) is 11.1. The topological polar surface area (TPSA) is 49.4 Å². The predicted molar refractivity (Wildman–Crippen MR) is 92.9 cm³/mol. The monoisotopic (exact) mass is 320 g/mol. The van der Waals surface area contributed by atoms with Gasteiger partial charge in [0.05, 0.1) is 4.90 Å². The van der Waals surface area contributed by atoms with Gasteiger partial charge in [-0.15, -0.1) is 0 Å². The fraction of sp³-hybridized carbons (Fsp3) is 0.412. The Bertz CT molecular complexity index is 775. The molecule has 0 amide bonds. The van der Waals surface area contributed by atoms with Crippen molar-refractivity contribution in [1.29, 1.82) is 0 Å². The van der Waals surface area contributed by atoms with Gasteiger partial charge in [0.25, 0.3) is 0 Å². The fourth-order valence-corrected chi connectivity index (χ4v) is 3.78. The van der Waals surface area contributed by atoms with Crippen LogP contribution in [-0.4, -0.2) is 29.1 Å². The number of benzene rings is 2. The molecule has 0 aliphatic carbocycles. The number of nitrogens with one attached hydrogen (secondary N) is 1. The Balaban J connectivity index is 2.55. The number of hydrogen-bond donors (Lipinski definition) is 1. The molecule has 0 aliphatic heterocycles. The SMILES string of the molecule is CN(C)c1cccc2c(S(=O)(=O)NCC(C)(C)C)cccc12. The molecule has 0 unspecified atom stereocenters. The summed E-state index contributed by atoms with van der Waals surface area (Å²) in [5.41, 5.74) is 0.900. The van der Waals surface area contributed by atoms with Crippen LogP contribution in [0, 0.1) is 5.41 Å². The van der Waals surface area contributed by atoms with Gasteiger partial charge in [0.15, 0.2) is 0 Å². The minimum absolute atomic E-state index is 0.105. The van der Waals surface area contributed by atoms with E-state index in [0.717, 1.165) is 16.5 Å². The maximum atomic E-state index is 12.6. The van der Waals surface area contributed by atoms with Crippen LogP contribution in [-0.2, 0) is 10.0 Å². The highest BCUT2D eigenvalue weighted by Gasteiger charge is 2.21. The van der Waals surface area contributed by atoms with Gasteiger partial charge >= 0.3 is 0 Å². The van der Waals surface area contributed by atoms with Gasteiger partial charge in [0.2, 0.25) is 10.0 Å². The Labute approximate surface area is 133 Å². The maximum absolute atomic E-state index is 12.6. The fourth-order valence-electron chi connectivity index (χ4n) is 2.28. The lowest BCUT2D eigenvalue weighted by Gasteiger charge is -2.20. The number of sulfonamides is 1. The standard InChI is InChI=1S/C17H24N2O2S/c1-17(2,3)12-18-22(20,21)16-11-7-8-13-14(16)9-6-10-15(13)19(4)5/h6-11,18H,12H2,1-5H3. The van der Waals surface area contributed by atoms with Crippen LogP contribution in [0.4, 0.5) is 5.69 Å². The summed E-state index contributed by atoms with van der Waals surface area (Å²) in [6.45, 7) is 6.41. The van der Waals surface area contributed by atoms with E-state index in [4.69, 9.17) is 0 Å². The van der Waals surface area contributed by atoms with E-state index >= 15 is 0 Å². The molecule has 0 aliphatic rings. The van der Waals surface area contributed by atoms with Gasteiger partial charge in [0, 0.05) is 37.1 Å². The van der Waals surface area contributed by atoms with Gasteiger partial charge in [0.1, 0.15) is 0 Å². The Morgan fingerprint density at radius 1 is 1.00 bits per heavy atom. The molecule has 2 aromatic carbocycles. The lowest BCUT2D eigenvalue weighted by molar-refractivity contribution is 0.408. The third kappa shape index (κ3) is 3.59. The molecular weight excluding hydrogens is 296 g/mol. The minimum Gasteiger partial charge on any atom is -0.377 e. The molecule has 2 rings (SSSR count). The zero-order chi connectivity index (χ0) is 16.5. The third-order valence-corrected chi connectivity index (χ3v) is 4.88. The van der Waals surface area contributed by atoms with Crippen LogP contribution in [0.25, 0.3) is 10.8 Å². The van der Waals surface area contributed by atoms with Crippen LogP contribution in [0.15, 0.2) is 41.3 Å². The summed E-state index contributed by atoms with van der Waals surface area (Å²) in [7, 11) is 0.373. The quantitative estimate of drug-likeness (QED) is 0.941. The zero-order valence-corrected chi connectivity index (χ0v) is 14.7. The molecule has 0 saturated carbocycles. The van der Waals surface area contributed by atoms with Gasteiger partial charge in [-0.1, -0.05) is 45.0 Å². The van der Waals surface area contributed by atoms with E-state index in [9.17, 15) is 8.42 Å². The molecule has 4 nitrogen and oxygen atoms in total. The number of anilines is 1. The van der Waals surface area contributed by atoms with E-state index in [1.165, 1.54) is 0 Å². The molecule has 0 heterocycles. The van der Waals surface area contributed by atoms with Crippen molar-refractivity contribution in [2.45, 2.75) is 25.7 Å². The Hall–Kier alpha value is -1.59. The van der Waals surface area contributed by atoms with E-state index in [2.05, 4.69) is 4.72 Å². The lowest BCUT2D eigenvalue weighted by atomic mass is 9.98. The third-order valence-electron chi connectivity index (χ3n) is 3.42.